The maximum Gasteiger partial charge on any atom is 0.0683 e. The van der Waals surface area contributed by atoms with Crippen LogP contribution in [0, 0.1) is 6.92 Å². The Morgan fingerprint density at radius 3 is 2.40 bits per heavy atom. The molecule has 1 fully saturated rings. The molecule has 106 valence electrons. The highest BCUT2D eigenvalue weighted by Crippen LogP contribution is 2.38. The summed E-state index contributed by atoms with van der Waals surface area (Å²) in [6, 6.07) is 9.27. The summed E-state index contributed by atoms with van der Waals surface area (Å²) in [5, 5.41) is 6.42. The average Bonchev–Trinajstić information content (AvgIpc) is 2.72. The molecule has 3 rings (SSSR count). The van der Waals surface area contributed by atoms with Gasteiger partial charge in [-0.25, -0.2) is 0 Å². The number of rotatable bonds is 4. The first-order chi connectivity index (χ1) is 9.70. The fraction of sp³-hybridized carbons (Fsp3) is 0.412. The third kappa shape index (κ3) is 2.52. The summed E-state index contributed by atoms with van der Waals surface area (Å²) in [6.45, 7) is 2.06. The highest BCUT2D eigenvalue weighted by molar-refractivity contribution is 7.10. The van der Waals surface area contributed by atoms with Crippen molar-refractivity contribution in [1.29, 1.82) is 0 Å². The van der Waals surface area contributed by atoms with Gasteiger partial charge in [0.15, 0.2) is 0 Å². The van der Waals surface area contributed by atoms with Gasteiger partial charge in [0.2, 0.25) is 0 Å². The van der Waals surface area contributed by atoms with Crippen LogP contribution < -0.4 is 5.32 Å². The first kappa shape index (κ1) is 14.1. The topological polar surface area (TPSA) is 12.0 Å². The molecule has 1 aromatic carbocycles. The molecule has 1 aromatic heterocycles. The summed E-state index contributed by atoms with van der Waals surface area (Å²) < 4.78 is 0. The molecule has 20 heavy (non-hydrogen) atoms. The molecule has 1 saturated carbocycles. The van der Waals surface area contributed by atoms with E-state index in [0.717, 1.165) is 16.5 Å². The Morgan fingerprint density at radius 2 is 1.95 bits per heavy atom. The zero-order valence-corrected chi connectivity index (χ0v) is 13.5. The molecule has 1 N–H and O–H groups in total. The normalized spacial score (nSPS) is 16.9. The molecule has 1 aliphatic rings. The van der Waals surface area contributed by atoms with Crippen molar-refractivity contribution in [2.75, 3.05) is 7.05 Å². The number of hydrogen-bond acceptors (Lipinski definition) is 2. The van der Waals surface area contributed by atoms with Crippen LogP contribution in [-0.4, -0.2) is 7.05 Å². The molecule has 0 spiro atoms. The maximum absolute atomic E-state index is 6.42. The van der Waals surface area contributed by atoms with Crippen LogP contribution in [0.15, 0.2) is 29.6 Å². The molecule has 2 aromatic rings. The van der Waals surface area contributed by atoms with Gasteiger partial charge in [0.05, 0.1) is 11.1 Å². The lowest BCUT2D eigenvalue weighted by Gasteiger charge is -2.26. The fourth-order valence-electron chi connectivity index (χ4n) is 2.80. The first-order valence-electron chi connectivity index (χ1n) is 7.21. The van der Waals surface area contributed by atoms with Crippen LogP contribution in [0.4, 0.5) is 0 Å². The fourth-order valence-corrected chi connectivity index (χ4v) is 4.23. The van der Waals surface area contributed by atoms with Gasteiger partial charge in [-0.1, -0.05) is 42.3 Å². The smallest absolute Gasteiger partial charge is 0.0683 e. The maximum atomic E-state index is 6.42. The monoisotopic (exact) mass is 305 g/mol. The van der Waals surface area contributed by atoms with Gasteiger partial charge in [-0.2, -0.15) is 0 Å². The zero-order chi connectivity index (χ0) is 14.1. The number of benzene rings is 1. The van der Waals surface area contributed by atoms with Gasteiger partial charge in [-0.05, 0) is 54.8 Å². The number of halogens is 1. The van der Waals surface area contributed by atoms with Crippen LogP contribution in [0.2, 0.25) is 5.02 Å². The molecule has 1 atom stereocenters. The van der Waals surface area contributed by atoms with Gasteiger partial charge in [-0.3, -0.25) is 0 Å². The van der Waals surface area contributed by atoms with E-state index in [-0.39, 0.29) is 6.04 Å². The highest BCUT2D eigenvalue weighted by Gasteiger charge is 2.21. The van der Waals surface area contributed by atoms with Crippen molar-refractivity contribution in [3.63, 3.8) is 0 Å². The number of thiophene rings is 1. The lowest BCUT2D eigenvalue weighted by molar-refractivity contribution is 0.419. The minimum absolute atomic E-state index is 0.191. The van der Waals surface area contributed by atoms with Gasteiger partial charge in [0, 0.05) is 4.88 Å². The van der Waals surface area contributed by atoms with E-state index < -0.39 is 0 Å². The molecule has 0 aliphatic heterocycles. The molecule has 3 heteroatoms. The molecular formula is C17H20ClNS. The van der Waals surface area contributed by atoms with Crippen molar-refractivity contribution < 1.29 is 0 Å². The van der Waals surface area contributed by atoms with E-state index in [0.29, 0.717) is 0 Å². The third-order valence-corrected chi connectivity index (χ3v) is 6.10. The van der Waals surface area contributed by atoms with Gasteiger partial charge in [0.25, 0.3) is 0 Å². The average molecular weight is 306 g/mol. The highest BCUT2D eigenvalue weighted by atomic mass is 35.5. The van der Waals surface area contributed by atoms with Crippen LogP contribution in [0.3, 0.4) is 0 Å². The molecule has 1 heterocycles. The second kappa shape index (κ2) is 5.88. The Bertz CT molecular complexity index is 584. The number of hydrogen-bond donors (Lipinski definition) is 1. The van der Waals surface area contributed by atoms with Crippen molar-refractivity contribution in [3.05, 3.63) is 56.2 Å². The SMILES string of the molecule is CNC(c1ccc(C2CCC2)cc1)c1scc(C)c1Cl. The van der Waals surface area contributed by atoms with E-state index in [1.807, 2.05) is 7.05 Å². The van der Waals surface area contributed by atoms with Gasteiger partial charge < -0.3 is 5.32 Å². The van der Waals surface area contributed by atoms with Crippen LogP contribution >= 0.6 is 22.9 Å². The Morgan fingerprint density at radius 1 is 1.25 bits per heavy atom. The van der Waals surface area contributed by atoms with E-state index in [9.17, 15) is 0 Å². The molecule has 0 saturated heterocycles. The second-order valence-corrected chi connectivity index (χ2v) is 6.90. The molecular weight excluding hydrogens is 286 g/mol. The quantitative estimate of drug-likeness (QED) is 0.809. The summed E-state index contributed by atoms with van der Waals surface area (Å²) in [5.74, 6) is 0.796. The predicted molar refractivity (Wildman–Crippen MR) is 88.0 cm³/mol. The Kier molecular flexibility index (Phi) is 4.16. The van der Waals surface area contributed by atoms with Gasteiger partial charge in [0.1, 0.15) is 0 Å². The summed E-state index contributed by atoms with van der Waals surface area (Å²) in [4.78, 5) is 1.21. The van der Waals surface area contributed by atoms with E-state index >= 15 is 0 Å². The van der Waals surface area contributed by atoms with E-state index in [2.05, 4.69) is 41.9 Å². The zero-order valence-electron chi connectivity index (χ0n) is 11.9. The molecule has 1 nitrogen and oxygen atoms in total. The number of nitrogens with one attached hydrogen (secondary N) is 1. The molecule has 0 amide bonds. The minimum Gasteiger partial charge on any atom is -0.309 e. The Labute approximate surface area is 130 Å². The van der Waals surface area contributed by atoms with E-state index in [1.165, 1.54) is 35.3 Å². The summed E-state index contributed by atoms with van der Waals surface area (Å²) >= 11 is 8.15. The van der Waals surface area contributed by atoms with Gasteiger partial charge in [-0.15, -0.1) is 11.3 Å². The van der Waals surface area contributed by atoms with Gasteiger partial charge >= 0.3 is 0 Å². The van der Waals surface area contributed by atoms with Crippen molar-refractivity contribution >= 4 is 22.9 Å². The minimum atomic E-state index is 0.191. The van der Waals surface area contributed by atoms with E-state index in [1.54, 1.807) is 11.3 Å². The van der Waals surface area contributed by atoms with Crippen LogP contribution in [-0.2, 0) is 0 Å². The van der Waals surface area contributed by atoms with Crippen molar-refractivity contribution in [1.82, 2.24) is 5.32 Å². The summed E-state index contributed by atoms with van der Waals surface area (Å²) in [6.07, 6.45) is 4.09. The van der Waals surface area contributed by atoms with Crippen LogP contribution in [0.1, 0.15) is 52.8 Å². The Balaban J connectivity index is 1.87. The molecule has 1 aliphatic carbocycles. The third-order valence-electron chi connectivity index (χ3n) is 4.32. The van der Waals surface area contributed by atoms with Crippen LogP contribution in [0.5, 0.6) is 0 Å². The van der Waals surface area contributed by atoms with Crippen molar-refractivity contribution in [2.45, 2.75) is 38.1 Å². The first-order valence-corrected chi connectivity index (χ1v) is 8.47. The Hall–Kier alpha value is -0.830. The second-order valence-electron chi connectivity index (χ2n) is 5.61. The molecule has 0 bridgehead atoms. The standard InChI is InChI=1S/C17H20ClNS/c1-11-10-20-17(15(11)18)16(19-2)14-8-6-13(7-9-14)12-4-3-5-12/h6-10,12,16,19H,3-5H2,1-2H3. The predicted octanol–water partition coefficient (Wildman–Crippen LogP) is 5.29. The van der Waals surface area contributed by atoms with Crippen molar-refractivity contribution in [3.8, 4) is 0 Å². The van der Waals surface area contributed by atoms with E-state index in [4.69, 9.17) is 11.6 Å². The summed E-state index contributed by atoms with van der Waals surface area (Å²) in [7, 11) is 2.00. The largest absolute Gasteiger partial charge is 0.309 e. The summed E-state index contributed by atoms with van der Waals surface area (Å²) in [5.41, 5.74) is 3.95. The lowest BCUT2D eigenvalue weighted by atomic mass is 9.80. The molecule has 0 radical (unpaired) electrons. The van der Waals surface area contributed by atoms with Crippen molar-refractivity contribution in [2.24, 2.45) is 0 Å². The molecule has 1 unspecified atom stereocenters. The van der Waals surface area contributed by atoms with Crippen LogP contribution in [0.25, 0.3) is 0 Å². The number of aryl methyl sites for hydroxylation is 1. The lowest BCUT2D eigenvalue weighted by Crippen LogP contribution is -2.17.